The van der Waals surface area contributed by atoms with E-state index in [1.165, 1.54) is 16.6 Å². The van der Waals surface area contributed by atoms with E-state index >= 15 is 0 Å². The molecule has 0 bridgehead atoms. The zero-order valence-corrected chi connectivity index (χ0v) is 12.9. The van der Waals surface area contributed by atoms with Gasteiger partial charge >= 0.3 is 0 Å². The zero-order chi connectivity index (χ0) is 15.3. The van der Waals surface area contributed by atoms with E-state index < -0.39 is 10.0 Å². The van der Waals surface area contributed by atoms with Crippen LogP contribution in [0.4, 0.5) is 0 Å². The third-order valence-electron chi connectivity index (χ3n) is 3.49. The Morgan fingerprint density at radius 3 is 2.48 bits per heavy atom. The SMILES string of the molecule is CC(=O)N1CCCN(S(=O)(=O)/C=C/c2ccccc2)CC1. The summed E-state index contributed by atoms with van der Waals surface area (Å²) < 4.78 is 26.1. The van der Waals surface area contributed by atoms with Crippen molar-refractivity contribution >= 4 is 22.0 Å². The van der Waals surface area contributed by atoms with E-state index in [-0.39, 0.29) is 5.91 Å². The van der Waals surface area contributed by atoms with Gasteiger partial charge in [-0.3, -0.25) is 4.79 Å². The summed E-state index contributed by atoms with van der Waals surface area (Å²) in [5.74, 6) is -0.00549. The molecule has 114 valence electrons. The van der Waals surface area contributed by atoms with Crippen molar-refractivity contribution in [2.45, 2.75) is 13.3 Å². The van der Waals surface area contributed by atoms with Gasteiger partial charge in [0.25, 0.3) is 0 Å². The van der Waals surface area contributed by atoms with Crippen molar-refractivity contribution in [1.82, 2.24) is 9.21 Å². The molecule has 1 aromatic rings. The van der Waals surface area contributed by atoms with E-state index in [2.05, 4.69) is 0 Å². The Morgan fingerprint density at radius 1 is 1.10 bits per heavy atom. The third-order valence-corrected chi connectivity index (χ3v) is 5.06. The van der Waals surface area contributed by atoms with E-state index in [1.54, 1.807) is 11.0 Å². The molecular weight excluding hydrogens is 288 g/mol. The van der Waals surface area contributed by atoms with Crippen molar-refractivity contribution in [3.05, 3.63) is 41.3 Å². The average Bonchev–Trinajstić information content (AvgIpc) is 2.73. The van der Waals surface area contributed by atoms with Gasteiger partial charge in [0, 0.05) is 38.5 Å². The van der Waals surface area contributed by atoms with Crippen LogP contribution >= 0.6 is 0 Å². The first-order valence-electron chi connectivity index (χ1n) is 6.98. The lowest BCUT2D eigenvalue weighted by atomic mass is 10.2. The van der Waals surface area contributed by atoms with Crippen LogP contribution in [0.5, 0.6) is 0 Å². The number of nitrogens with zero attached hydrogens (tertiary/aromatic N) is 2. The zero-order valence-electron chi connectivity index (χ0n) is 12.1. The van der Waals surface area contributed by atoms with Crippen LogP contribution in [-0.2, 0) is 14.8 Å². The summed E-state index contributed by atoms with van der Waals surface area (Å²) in [6.07, 6.45) is 2.26. The molecule has 0 atom stereocenters. The van der Waals surface area contributed by atoms with Gasteiger partial charge in [0.2, 0.25) is 15.9 Å². The Labute approximate surface area is 125 Å². The highest BCUT2D eigenvalue weighted by molar-refractivity contribution is 7.92. The number of rotatable bonds is 3. The molecule has 6 heteroatoms. The van der Waals surface area contributed by atoms with Crippen molar-refractivity contribution in [1.29, 1.82) is 0 Å². The first-order valence-corrected chi connectivity index (χ1v) is 8.48. The van der Waals surface area contributed by atoms with Crippen LogP contribution in [0.25, 0.3) is 6.08 Å². The molecule has 1 amide bonds. The third kappa shape index (κ3) is 4.41. The number of amides is 1. The predicted octanol–water partition coefficient (Wildman–Crippen LogP) is 1.54. The predicted molar refractivity (Wildman–Crippen MR) is 82.8 cm³/mol. The minimum absolute atomic E-state index is 0.00549. The summed E-state index contributed by atoms with van der Waals surface area (Å²) in [7, 11) is -3.44. The number of carbonyl (C=O) groups is 1. The minimum atomic E-state index is -3.44. The molecule has 1 saturated heterocycles. The lowest BCUT2D eigenvalue weighted by molar-refractivity contribution is -0.128. The van der Waals surface area contributed by atoms with E-state index in [0.29, 0.717) is 32.6 Å². The number of sulfonamides is 1. The van der Waals surface area contributed by atoms with Crippen LogP contribution in [0.2, 0.25) is 0 Å². The lowest BCUT2D eigenvalue weighted by Gasteiger charge is -2.19. The monoisotopic (exact) mass is 308 g/mol. The minimum Gasteiger partial charge on any atom is -0.342 e. The topological polar surface area (TPSA) is 57.7 Å². The van der Waals surface area contributed by atoms with E-state index in [0.717, 1.165) is 5.56 Å². The summed E-state index contributed by atoms with van der Waals surface area (Å²) in [6, 6.07) is 9.32. The molecule has 21 heavy (non-hydrogen) atoms. The molecule has 1 heterocycles. The molecule has 0 spiro atoms. The highest BCUT2D eigenvalue weighted by atomic mass is 32.2. The fraction of sp³-hybridized carbons (Fsp3) is 0.400. The van der Waals surface area contributed by atoms with Crippen LogP contribution in [0.1, 0.15) is 18.9 Å². The molecule has 0 saturated carbocycles. The molecule has 1 aliphatic heterocycles. The van der Waals surface area contributed by atoms with Gasteiger partial charge in [0.05, 0.1) is 0 Å². The van der Waals surface area contributed by atoms with Gasteiger partial charge in [-0.25, -0.2) is 8.42 Å². The largest absolute Gasteiger partial charge is 0.342 e. The number of benzene rings is 1. The summed E-state index contributed by atoms with van der Waals surface area (Å²) >= 11 is 0. The number of hydrogen-bond donors (Lipinski definition) is 0. The molecule has 1 aromatic carbocycles. The van der Waals surface area contributed by atoms with E-state index in [9.17, 15) is 13.2 Å². The average molecular weight is 308 g/mol. The Morgan fingerprint density at radius 2 is 1.81 bits per heavy atom. The molecule has 0 aliphatic carbocycles. The Kier molecular flexibility index (Phi) is 5.14. The molecule has 0 radical (unpaired) electrons. The summed E-state index contributed by atoms with van der Waals surface area (Å²) in [6.45, 7) is 3.38. The standard InChI is InChI=1S/C15H20N2O3S/c1-14(18)16-9-5-10-17(12-11-16)21(19,20)13-8-15-6-3-2-4-7-15/h2-4,6-8,13H,5,9-12H2,1H3/b13-8+. The quantitative estimate of drug-likeness (QED) is 0.851. The van der Waals surface area contributed by atoms with E-state index in [1.807, 2.05) is 30.3 Å². The van der Waals surface area contributed by atoms with Gasteiger partial charge in [-0.1, -0.05) is 30.3 Å². The molecule has 0 aromatic heterocycles. The van der Waals surface area contributed by atoms with Crippen LogP contribution in [0.15, 0.2) is 35.7 Å². The molecular formula is C15H20N2O3S. The van der Waals surface area contributed by atoms with Crippen LogP contribution in [0, 0.1) is 0 Å². The van der Waals surface area contributed by atoms with Crippen molar-refractivity contribution in [2.75, 3.05) is 26.2 Å². The second-order valence-electron chi connectivity index (χ2n) is 5.02. The Balaban J connectivity index is 2.06. The first-order chi connectivity index (χ1) is 9.99. The first kappa shape index (κ1) is 15.7. The summed E-state index contributed by atoms with van der Waals surface area (Å²) in [5, 5.41) is 1.24. The van der Waals surface area contributed by atoms with Crippen LogP contribution in [-0.4, -0.2) is 49.7 Å². The second-order valence-corrected chi connectivity index (χ2v) is 6.84. The van der Waals surface area contributed by atoms with Gasteiger partial charge in [-0.05, 0) is 18.1 Å². The molecule has 0 unspecified atom stereocenters. The second kappa shape index (κ2) is 6.87. The number of hydrogen-bond acceptors (Lipinski definition) is 3. The molecule has 5 nitrogen and oxygen atoms in total. The van der Waals surface area contributed by atoms with Crippen molar-refractivity contribution in [3.8, 4) is 0 Å². The normalized spacial score (nSPS) is 17.9. The van der Waals surface area contributed by atoms with Gasteiger partial charge in [0.1, 0.15) is 0 Å². The molecule has 1 fully saturated rings. The van der Waals surface area contributed by atoms with E-state index in [4.69, 9.17) is 0 Å². The maximum absolute atomic E-state index is 12.3. The van der Waals surface area contributed by atoms with Crippen LogP contribution < -0.4 is 0 Å². The molecule has 2 rings (SSSR count). The van der Waals surface area contributed by atoms with Crippen LogP contribution in [0.3, 0.4) is 0 Å². The fourth-order valence-corrected chi connectivity index (χ4v) is 3.50. The van der Waals surface area contributed by atoms with Gasteiger partial charge in [-0.2, -0.15) is 4.31 Å². The number of carbonyl (C=O) groups excluding carboxylic acids is 1. The molecule has 0 N–H and O–H groups in total. The van der Waals surface area contributed by atoms with Crippen molar-refractivity contribution in [2.24, 2.45) is 0 Å². The van der Waals surface area contributed by atoms with Gasteiger partial charge in [0.15, 0.2) is 0 Å². The van der Waals surface area contributed by atoms with Gasteiger partial charge < -0.3 is 4.90 Å². The smallest absolute Gasteiger partial charge is 0.236 e. The highest BCUT2D eigenvalue weighted by Gasteiger charge is 2.23. The Hall–Kier alpha value is -1.66. The molecule has 1 aliphatic rings. The summed E-state index contributed by atoms with van der Waals surface area (Å²) in [5.41, 5.74) is 0.848. The maximum atomic E-state index is 12.3. The van der Waals surface area contributed by atoms with Gasteiger partial charge in [-0.15, -0.1) is 0 Å². The maximum Gasteiger partial charge on any atom is 0.236 e. The highest BCUT2D eigenvalue weighted by Crippen LogP contribution is 2.12. The fourth-order valence-electron chi connectivity index (χ4n) is 2.28. The van der Waals surface area contributed by atoms with Crippen molar-refractivity contribution < 1.29 is 13.2 Å². The Bertz CT molecular complexity index is 611. The van der Waals surface area contributed by atoms with Crippen molar-refractivity contribution in [3.63, 3.8) is 0 Å². The lowest BCUT2D eigenvalue weighted by Crippen LogP contribution is -2.35. The summed E-state index contributed by atoms with van der Waals surface area (Å²) in [4.78, 5) is 13.1.